The Morgan fingerprint density at radius 1 is 1.50 bits per heavy atom. The number of hydrogen-bond donors (Lipinski definition) is 2. The van der Waals surface area contributed by atoms with Gasteiger partial charge in [0.25, 0.3) is 0 Å². The molecule has 0 amide bonds. The fraction of sp³-hybridized carbons (Fsp3) is 0.571. The van der Waals surface area contributed by atoms with E-state index < -0.39 is 0 Å². The predicted octanol–water partition coefficient (Wildman–Crippen LogP) is 4.44. The van der Waals surface area contributed by atoms with Gasteiger partial charge >= 0.3 is 0 Å². The summed E-state index contributed by atoms with van der Waals surface area (Å²) in [5, 5.41) is 7.87. The molecule has 1 aliphatic heterocycles. The number of halogens is 2. The third kappa shape index (κ3) is 4.15. The number of benzene rings is 1. The van der Waals surface area contributed by atoms with Crippen LogP contribution in [0.5, 0.6) is 0 Å². The summed E-state index contributed by atoms with van der Waals surface area (Å²) in [5.74, 6) is 0. The fourth-order valence-electron chi connectivity index (χ4n) is 2.48. The van der Waals surface area contributed by atoms with Gasteiger partial charge in [0.05, 0.1) is 5.02 Å². The van der Waals surface area contributed by atoms with Gasteiger partial charge < -0.3 is 10.6 Å². The SMILES string of the molecule is CC(CC1CCCCN1)Nc1ccc(Cl)c(Br)c1. The molecular formula is C14H20BrClN2. The molecule has 2 rings (SSSR count). The zero-order valence-electron chi connectivity index (χ0n) is 10.7. The van der Waals surface area contributed by atoms with E-state index in [0.29, 0.717) is 12.1 Å². The maximum Gasteiger partial charge on any atom is 0.0549 e. The summed E-state index contributed by atoms with van der Waals surface area (Å²) >= 11 is 9.44. The first-order valence-electron chi connectivity index (χ1n) is 6.60. The summed E-state index contributed by atoms with van der Waals surface area (Å²) in [6.07, 6.45) is 5.15. The molecule has 1 aromatic rings. The Kier molecular flexibility index (Phi) is 5.34. The minimum absolute atomic E-state index is 0.466. The lowest BCUT2D eigenvalue weighted by molar-refractivity contribution is 0.371. The first-order chi connectivity index (χ1) is 8.65. The first kappa shape index (κ1) is 14.2. The average Bonchev–Trinajstić information content (AvgIpc) is 2.35. The molecule has 18 heavy (non-hydrogen) atoms. The van der Waals surface area contributed by atoms with Crippen LogP contribution >= 0.6 is 27.5 Å². The smallest absolute Gasteiger partial charge is 0.0549 e. The second-order valence-corrected chi connectivity index (χ2v) is 6.32. The molecule has 2 atom stereocenters. The van der Waals surface area contributed by atoms with Gasteiger partial charge in [0, 0.05) is 22.2 Å². The fourth-order valence-corrected chi connectivity index (χ4v) is 2.98. The van der Waals surface area contributed by atoms with Crippen LogP contribution in [0, 0.1) is 0 Å². The van der Waals surface area contributed by atoms with Crippen molar-refractivity contribution in [1.82, 2.24) is 5.32 Å². The molecule has 1 saturated heterocycles. The van der Waals surface area contributed by atoms with Crippen molar-refractivity contribution >= 4 is 33.2 Å². The van der Waals surface area contributed by atoms with E-state index in [9.17, 15) is 0 Å². The minimum atomic E-state index is 0.466. The Morgan fingerprint density at radius 2 is 2.33 bits per heavy atom. The van der Waals surface area contributed by atoms with Crippen LogP contribution in [0.1, 0.15) is 32.6 Å². The summed E-state index contributed by atoms with van der Waals surface area (Å²) in [6.45, 7) is 3.41. The first-order valence-corrected chi connectivity index (χ1v) is 7.77. The highest BCUT2D eigenvalue weighted by molar-refractivity contribution is 9.10. The molecule has 100 valence electrons. The van der Waals surface area contributed by atoms with Crippen molar-refractivity contribution in [3.63, 3.8) is 0 Å². The Balaban J connectivity index is 1.85. The van der Waals surface area contributed by atoms with E-state index in [0.717, 1.165) is 15.2 Å². The van der Waals surface area contributed by atoms with Gasteiger partial charge in [-0.05, 0) is 66.9 Å². The van der Waals surface area contributed by atoms with Crippen molar-refractivity contribution in [3.8, 4) is 0 Å². The van der Waals surface area contributed by atoms with Crippen molar-refractivity contribution in [2.24, 2.45) is 0 Å². The molecule has 1 heterocycles. The number of rotatable bonds is 4. The summed E-state index contributed by atoms with van der Waals surface area (Å²) < 4.78 is 0.942. The van der Waals surface area contributed by atoms with E-state index in [4.69, 9.17) is 11.6 Å². The maximum absolute atomic E-state index is 5.99. The van der Waals surface area contributed by atoms with Crippen LogP contribution in [-0.2, 0) is 0 Å². The lowest BCUT2D eigenvalue weighted by atomic mass is 9.99. The minimum Gasteiger partial charge on any atom is -0.382 e. The largest absolute Gasteiger partial charge is 0.382 e. The van der Waals surface area contributed by atoms with Gasteiger partial charge in [-0.3, -0.25) is 0 Å². The summed E-state index contributed by atoms with van der Waals surface area (Å²) in [6, 6.07) is 7.11. The molecule has 1 fully saturated rings. The van der Waals surface area contributed by atoms with Crippen molar-refractivity contribution in [3.05, 3.63) is 27.7 Å². The number of hydrogen-bond acceptors (Lipinski definition) is 2. The summed E-state index contributed by atoms with van der Waals surface area (Å²) in [5.41, 5.74) is 1.12. The Morgan fingerprint density at radius 3 is 3.00 bits per heavy atom. The van der Waals surface area contributed by atoms with Gasteiger partial charge in [-0.2, -0.15) is 0 Å². The second-order valence-electron chi connectivity index (χ2n) is 5.06. The third-order valence-corrected chi connectivity index (χ3v) is 4.60. The highest BCUT2D eigenvalue weighted by Crippen LogP contribution is 2.26. The van der Waals surface area contributed by atoms with Crippen molar-refractivity contribution < 1.29 is 0 Å². The van der Waals surface area contributed by atoms with Crippen LogP contribution in [0.25, 0.3) is 0 Å². The molecule has 0 aromatic heterocycles. The molecule has 2 unspecified atom stereocenters. The normalized spacial score (nSPS) is 21.6. The van der Waals surface area contributed by atoms with Gasteiger partial charge in [0.1, 0.15) is 0 Å². The van der Waals surface area contributed by atoms with Crippen LogP contribution in [-0.4, -0.2) is 18.6 Å². The summed E-state index contributed by atoms with van der Waals surface area (Å²) in [4.78, 5) is 0. The topological polar surface area (TPSA) is 24.1 Å². The molecule has 0 aliphatic carbocycles. The molecule has 1 aliphatic rings. The molecule has 2 nitrogen and oxygen atoms in total. The number of piperidine rings is 1. The van der Waals surface area contributed by atoms with Crippen LogP contribution in [0.15, 0.2) is 22.7 Å². The highest BCUT2D eigenvalue weighted by atomic mass is 79.9. The summed E-state index contributed by atoms with van der Waals surface area (Å²) in [7, 11) is 0. The molecule has 0 bridgehead atoms. The van der Waals surface area contributed by atoms with Crippen molar-refractivity contribution in [1.29, 1.82) is 0 Å². The van der Waals surface area contributed by atoms with E-state index in [1.54, 1.807) is 0 Å². The molecule has 4 heteroatoms. The lowest BCUT2D eigenvalue weighted by Gasteiger charge is -2.27. The zero-order chi connectivity index (χ0) is 13.0. The number of anilines is 1. The Bertz CT molecular complexity index is 391. The van der Waals surface area contributed by atoms with Gasteiger partial charge in [-0.25, -0.2) is 0 Å². The van der Waals surface area contributed by atoms with Gasteiger partial charge in [-0.15, -0.1) is 0 Å². The van der Waals surface area contributed by atoms with E-state index in [2.05, 4.69) is 33.5 Å². The van der Waals surface area contributed by atoms with Gasteiger partial charge in [0.2, 0.25) is 0 Å². The Hall–Kier alpha value is -0.250. The molecular weight excluding hydrogens is 312 g/mol. The molecule has 2 N–H and O–H groups in total. The molecule has 0 saturated carbocycles. The zero-order valence-corrected chi connectivity index (χ0v) is 13.0. The highest BCUT2D eigenvalue weighted by Gasteiger charge is 2.15. The van der Waals surface area contributed by atoms with E-state index in [1.165, 1.54) is 32.2 Å². The molecule has 0 spiro atoms. The predicted molar refractivity (Wildman–Crippen MR) is 82.5 cm³/mol. The molecule has 0 radical (unpaired) electrons. The third-order valence-electron chi connectivity index (χ3n) is 3.38. The average molecular weight is 332 g/mol. The monoisotopic (exact) mass is 330 g/mol. The lowest BCUT2D eigenvalue weighted by Crippen LogP contribution is -2.37. The molecule has 1 aromatic carbocycles. The van der Waals surface area contributed by atoms with Crippen LogP contribution in [0.2, 0.25) is 5.02 Å². The van der Waals surface area contributed by atoms with E-state index >= 15 is 0 Å². The Labute approximate surface area is 123 Å². The standard InChI is InChI=1S/C14H20BrClN2/c1-10(8-11-4-2-3-7-17-11)18-12-5-6-14(16)13(15)9-12/h5-6,9-11,17-18H,2-4,7-8H2,1H3. The quantitative estimate of drug-likeness (QED) is 0.852. The van der Waals surface area contributed by atoms with Crippen LogP contribution in [0.4, 0.5) is 5.69 Å². The van der Waals surface area contributed by atoms with Gasteiger partial charge in [-0.1, -0.05) is 18.0 Å². The van der Waals surface area contributed by atoms with E-state index in [1.807, 2.05) is 18.2 Å². The van der Waals surface area contributed by atoms with Gasteiger partial charge in [0.15, 0.2) is 0 Å². The van der Waals surface area contributed by atoms with Crippen LogP contribution in [0.3, 0.4) is 0 Å². The maximum atomic E-state index is 5.99. The van der Waals surface area contributed by atoms with Crippen molar-refractivity contribution in [2.75, 3.05) is 11.9 Å². The van der Waals surface area contributed by atoms with E-state index in [-0.39, 0.29) is 0 Å². The van der Waals surface area contributed by atoms with Crippen molar-refractivity contribution in [2.45, 2.75) is 44.7 Å². The second kappa shape index (κ2) is 6.78. The number of nitrogens with one attached hydrogen (secondary N) is 2. The van der Waals surface area contributed by atoms with Crippen LogP contribution < -0.4 is 10.6 Å².